The van der Waals surface area contributed by atoms with Crippen LogP contribution in [0.25, 0.3) is 0 Å². The van der Waals surface area contributed by atoms with Gasteiger partial charge in [0.2, 0.25) is 5.78 Å². The van der Waals surface area contributed by atoms with E-state index >= 15 is 0 Å². The largest absolute Gasteiger partial charge is 0.485 e. The van der Waals surface area contributed by atoms with Crippen LogP contribution < -0.4 is 9.64 Å². The van der Waals surface area contributed by atoms with Crippen LogP contribution >= 0.6 is 0 Å². The van der Waals surface area contributed by atoms with E-state index in [2.05, 4.69) is 11.9 Å². The second-order valence-electron chi connectivity index (χ2n) is 3.82. The zero-order valence-electron chi connectivity index (χ0n) is 8.04. The van der Waals surface area contributed by atoms with Crippen LogP contribution in [0, 0.1) is 0 Å². The molecule has 3 rings (SSSR count). The second-order valence-corrected chi connectivity index (χ2v) is 3.82. The first kappa shape index (κ1) is 7.85. The number of rotatable bonds is 0. The van der Waals surface area contributed by atoms with Crippen LogP contribution in [0.1, 0.15) is 15.9 Å². The molecule has 0 saturated heterocycles. The summed E-state index contributed by atoms with van der Waals surface area (Å²) in [7, 11) is 2.05. The van der Waals surface area contributed by atoms with E-state index in [0.29, 0.717) is 0 Å². The molecule has 0 saturated carbocycles. The van der Waals surface area contributed by atoms with Gasteiger partial charge in [-0.25, -0.2) is 0 Å². The molecule has 3 heteroatoms. The van der Waals surface area contributed by atoms with Gasteiger partial charge >= 0.3 is 0 Å². The predicted molar refractivity (Wildman–Crippen MR) is 53.2 cm³/mol. The molecule has 0 N–H and O–H groups in total. The van der Waals surface area contributed by atoms with Crippen molar-refractivity contribution >= 4 is 11.5 Å². The summed E-state index contributed by atoms with van der Waals surface area (Å²) in [4.78, 5) is 13.8. The maximum absolute atomic E-state index is 11.6. The van der Waals surface area contributed by atoms with Crippen LogP contribution in [0.4, 0.5) is 5.69 Å². The summed E-state index contributed by atoms with van der Waals surface area (Å²) in [5.41, 5.74) is 3.18. The van der Waals surface area contributed by atoms with Crippen LogP contribution in [0.15, 0.2) is 12.1 Å². The smallest absolute Gasteiger partial charge is 0.204 e. The quantitative estimate of drug-likeness (QED) is 0.615. The fourth-order valence-electron chi connectivity index (χ4n) is 2.27. The summed E-state index contributed by atoms with van der Waals surface area (Å²) in [5, 5.41) is 0. The van der Waals surface area contributed by atoms with Crippen LogP contribution in [-0.2, 0) is 6.42 Å². The van der Waals surface area contributed by atoms with Crippen molar-refractivity contribution in [1.29, 1.82) is 0 Å². The van der Waals surface area contributed by atoms with Crippen molar-refractivity contribution in [2.45, 2.75) is 6.42 Å². The highest BCUT2D eigenvalue weighted by molar-refractivity contribution is 6.05. The molecule has 3 nitrogen and oxygen atoms in total. The molecule has 0 bridgehead atoms. The number of fused-ring (bicyclic) bond motifs is 3. The summed E-state index contributed by atoms with van der Waals surface area (Å²) in [6.07, 6.45) is 0.962. The van der Waals surface area contributed by atoms with Gasteiger partial charge in [0.05, 0.1) is 5.56 Å². The van der Waals surface area contributed by atoms with Gasteiger partial charge in [-0.05, 0) is 24.1 Å². The number of nitrogens with zero attached hydrogens (tertiary/aromatic N) is 1. The topological polar surface area (TPSA) is 29.5 Å². The van der Waals surface area contributed by atoms with Crippen LogP contribution in [-0.4, -0.2) is 26.0 Å². The average molecular weight is 189 g/mol. The van der Waals surface area contributed by atoms with Crippen molar-refractivity contribution < 1.29 is 9.53 Å². The lowest BCUT2D eigenvalue weighted by Gasteiger charge is -2.11. The molecule has 2 aliphatic heterocycles. The van der Waals surface area contributed by atoms with E-state index in [1.54, 1.807) is 0 Å². The minimum Gasteiger partial charge on any atom is -0.485 e. The minimum absolute atomic E-state index is 0.132. The van der Waals surface area contributed by atoms with Gasteiger partial charge in [-0.2, -0.15) is 0 Å². The van der Waals surface area contributed by atoms with Crippen molar-refractivity contribution in [3.05, 3.63) is 23.3 Å². The number of ketones is 1. The lowest BCUT2D eigenvalue weighted by Crippen LogP contribution is -2.12. The number of ether oxygens (including phenoxy) is 1. The molecule has 0 aliphatic carbocycles. The SMILES string of the molecule is CN1CCc2c1ccc1c2C(=O)CO1. The normalized spacial score (nSPS) is 18.1. The Morgan fingerprint density at radius 3 is 3.14 bits per heavy atom. The Bertz CT molecular complexity index is 426. The number of hydrogen-bond donors (Lipinski definition) is 0. The van der Waals surface area contributed by atoms with E-state index in [1.165, 1.54) is 11.3 Å². The third-order valence-corrected chi connectivity index (χ3v) is 3.00. The monoisotopic (exact) mass is 189 g/mol. The molecule has 0 spiro atoms. The molecule has 2 heterocycles. The van der Waals surface area contributed by atoms with Gasteiger partial charge in [0, 0.05) is 19.3 Å². The number of Topliss-reactive ketones (excluding diaryl/α,β-unsaturated/α-hetero) is 1. The third kappa shape index (κ3) is 0.842. The molecule has 14 heavy (non-hydrogen) atoms. The van der Waals surface area contributed by atoms with E-state index in [1.807, 2.05) is 12.1 Å². The Morgan fingerprint density at radius 2 is 2.29 bits per heavy atom. The Morgan fingerprint density at radius 1 is 1.43 bits per heavy atom. The molecule has 0 amide bonds. The van der Waals surface area contributed by atoms with Gasteiger partial charge in [-0.3, -0.25) is 4.79 Å². The van der Waals surface area contributed by atoms with Gasteiger partial charge in [0.15, 0.2) is 6.61 Å². The number of hydrogen-bond acceptors (Lipinski definition) is 3. The molecule has 2 aliphatic rings. The molecule has 0 fully saturated rings. The van der Waals surface area contributed by atoms with Gasteiger partial charge < -0.3 is 9.64 Å². The Labute approximate surface area is 82.3 Å². The Balaban J connectivity index is 2.26. The molecule has 1 aromatic rings. The first-order valence-electron chi connectivity index (χ1n) is 4.80. The highest BCUT2D eigenvalue weighted by Gasteiger charge is 2.29. The van der Waals surface area contributed by atoms with Crippen molar-refractivity contribution in [2.75, 3.05) is 25.1 Å². The van der Waals surface area contributed by atoms with Gasteiger partial charge in [0.1, 0.15) is 5.75 Å². The first-order chi connectivity index (χ1) is 6.77. The summed E-state index contributed by atoms with van der Waals surface area (Å²) in [6.45, 7) is 1.22. The van der Waals surface area contributed by atoms with E-state index in [4.69, 9.17) is 4.74 Å². The van der Waals surface area contributed by atoms with Crippen LogP contribution in [0.2, 0.25) is 0 Å². The number of carbonyl (C=O) groups is 1. The number of carbonyl (C=O) groups excluding carboxylic acids is 1. The van der Waals surface area contributed by atoms with Crippen LogP contribution in [0.5, 0.6) is 5.75 Å². The zero-order chi connectivity index (χ0) is 9.71. The maximum atomic E-state index is 11.6. The predicted octanol–water partition coefficient (Wildman–Crippen LogP) is 1.25. The van der Waals surface area contributed by atoms with Gasteiger partial charge in [-0.1, -0.05) is 0 Å². The lowest BCUT2D eigenvalue weighted by atomic mass is 10.0. The van der Waals surface area contributed by atoms with E-state index < -0.39 is 0 Å². The van der Waals surface area contributed by atoms with E-state index in [9.17, 15) is 4.79 Å². The summed E-state index contributed by atoms with van der Waals surface area (Å²) < 4.78 is 5.30. The number of likely N-dealkylation sites (N-methyl/N-ethyl adjacent to an activating group) is 1. The molecule has 1 aromatic carbocycles. The van der Waals surface area contributed by atoms with E-state index in [-0.39, 0.29) is 12.4 Å². The molecule has 0 aromatic heterocycles. The minimum atomic E-state index is 0.132. The molecule has 0 radical (unpaired) electrons. The fraction of sp³-hybridized carbons (Fsp3) is 0.364. The number of benzene rings is 1. The van der Waals surface area contributed by atoms with Crippen LogP contribution in [0.3, 0.4) is 0 Å². The zero-order valence-corrected chi connectivity index (χ0v) is 8.04. The number of anilines is 1. The third-order valence-electron chi connectivity index (χ3n) is 3.00. The Kier molecular flexibility index (Phi) is 1.40. The molecule has 0 atom stereocenters. The van der Waals surface area contributed by atoms with E-state index in [0.717, 1.165) is 24.3 Å². The van der Waals surface area contributed by atoms with Crippen molar-refractivity contribution in [3.63, 3.8) is 0 Å². The molecule has 72 valence electrons. The summed E-state index contributed by atoms with van der Waals surface area (Å²) in [5.74, 6) is 0.899. The lowest BCUT2D eigenvalue weighted by molar-refractivity contribution is 0.0960. The highest BCUT2D eigenvalue weighted by Crippen LogP contribution is 2.37. The molecular formula is C11H11NO2. The van der Waals surface area contributed by atoms with Crippen molar-refractivity contribution in [1.82, 2.24) is 0 Å². The standard InChI is InChI=1S/C11H11NO2/c1-12-5-4-7-8(12)2-3-10-11(7)9(13)6-14-10/h2-3H,4-6H2,1H3. The van der Waals surface area contributed by atoms with Gasteiger partial charge in [-0.15, -0.1) is 0 Å². The molecular weight excluding hydrogens is 178 g/mol. The molecule has 0 unspecified atom stereocenters. The van der Waals surface area contributed by atoms with Gasteiger partial charge in [0.25, 0.3) is 0 Å². The summed E-state index contributed by atoms with van der Waals surface area (Å²) in [6, 6.07) is 3.95. The fourth-order valence-corrected chi connectivity index (χ4v) is 2.27. The van der Waals surface area contributed by atoms with Crippen molar-refractivity contribution in [2.24, 2.45) is 0 Å². The highest BCUT2D eigenvalue weighted by atomic mass is 16.5. The second kappa shape index (κ2) is 2.50. The first-order valence-corrected chi connectivity index (χ1v) is 4.80. The maximum Gasteiger partial charge on any atom is 0.204 e. The average Bonchev–Trinajstić information content (AvgIpc) is 2.72. The van der Waals surface area contributed by atoms with Crippen molar-refractivity contribution in [3.8, 4) is 5.75 Å². The Hall–Kier alpha value is -1.51. The summed E-state index contributed by atoms with van der Waals surface area (Å²) >= 11 is 0.